The number of aromatic nitrogens is 2. The van der Waals surface area contributed by atoms with E-state index in [2.05, 4.69) is 15.9 Å². The largest absolute Gasteiger partial charge is 0.496 e. The Bertz CT molecular complexity index is 1300. The quantitative estimate of drug-likeness (QED) is 0.201. The number of hydrogen-bond donors (Lipinski definition) is 0. The van der Waals surface area contributed by atoms with Crippen molar-refractivity contribution in [1.82, 2.24) is 9.55 Å². The monoisotopic (exact) mass is 494 g/mol. The second-order valence-corrected chi connectivity index (χ2v) is 8.69. The molecule has 0 aliphatic rings. The van der Waals surface area contributed by atoms with Crippen molar-refractivity contribution in [2.75, 3.05) is 12.9 Å². The minimum Gasteiger partial charge on any atom is -0.496 e. The van der Waals surface area contributed by atoms with Gasteiger partial charge in [0.15, 0.2) is 10.9 Å². The lowest BCUT2D eigenvalue weighted by Crippen LogP contribution is -2.24. The molecule has 0 spiro atoms. The van der Waals surface area contributed by atoms with Crippen LogP contribution in [0.3, 0.4) is 0 Å². The molecule has 5 nitrogen and oxygen atoms in total. The summed E-state index contributed by atoms with van der Waals surface area (Å²) in [7, 11) is 1.60. The van der Waals surface area contributed by atoms with E-state index in [-0.39, 0.29) is 17.1 Å². The molecule has 31 heavy (non-hydrogen) atoms. The van der Waals surface area contributed by atoms with Crippen molar-refractivity contribution in [3.8, 4) is 5.75 Å². The van der Waals surface area contributed by atoms with Crippen molar-refractivity contribution in [2.45, 2.75) is 11.7 Å². The molecule has 0 amide bonds. The van der Waals surface area contributed by atoms with Gasteiger partial charge in [-0.1, -0.05) is 70.2 Å². The molecule has 156 valence electrons. The number of halogens is 1. The van der Waals surface area contributed by atoms with Gasteiger partial charge < -0.3 is 4.74 Å². The molecule has 0 saturated carbocycles. The molecule has 0 fully saturated rings. The molecule has 4 rings (SSSR count). The molecular formula is C24H19BrN2O3S. The van der Waals surface area contributed by atoms with Crippen molar-refractivity contribution >= 4 is 44.4 Å². The Kier molecular flexibility index (Phi) is 6.53. The Morgan fingerprint density at radius 2 is 1.74 bits per heavy atom. The third kappa shape index (κ3) is 4.73. The molecule has 4 aromatic rings. The molecule has 1 heterocycles. The van der Waals surface area contributed by atoms with Gasteiger partial charge in [-0.15, -0.1) is 0 Å². The number of Topliss-reactive ketones (excluding diaryl/α,β-unsaturated/α-hetero) is 1. The number of ketones is 1. The van der Waals surface area contributed by atoms with E-state index in [9.17, 15) is 9.59 Å². The van der Waals surface area contributed by atoms with Crippen molar-refractivity contribution in [3.05, 3.63) is 98.7 Å². The fourth-order valence-corrected chi connectivity index (χ4v) is 4.41. The van der Waals surface area contributed by atoms with E-state index >= 15 is 0 Å². The number of methoxy groups -OCH3 is 1. The topological polar surface area (TPSA) is 61.2 Å². The first-order chi connectivity index (χ1) is 15.1. The van der Waals surface area contributed by atoms with E-state index in [1.165, 1.54) is 11.8 Å². The van der Waals surface area contributed by atoms with E-state index in [4.69, 9.17) is 9.72 Å². The summed E-state index contributed by atoms with van der Waals surface area (Å²) in [4.78, 5) is 30.7. The van der Waals surface area contributed by atoms with Crippen LogP contribution in [0, 0.1) is 0 Å². The van der Waals surface area contributed by atoms with Gasteiger partial charge in [-0.05, 0) is 30.3 Å². The minimum absolute atomic E-state index is 0.0243. The molecule has 0 unspecified atom stereocenters. The average Bonchev–Trinajstić information content (AvgIpc) is 2.80. The number of fused-ring (bicyclic) bond motifs is 1. The Labute approximate surface area is 192 Å². The van der Waals surface area contributed by atoms with Gasteiger partial charge in [-0.25, -0.2) is 4.98 Å². The summed E-state index contributed by atoms with van der Waals surface area (Å²) >= 11 is 4.64. The highest BCUT2D eigenvalue weighted by atomic mass is 79.9. The first kappa shape index (κ1) is 21.3. The Morgan fingerprint density at radius 1 is 1.03 bits per heavy atom. The highest BCUT2D eigenvalue weighted by Gasteiger charge is 2.16. The fourth-order valence-electron chi connectivity index (χ4n) is 3.25. The van der Waals surface area contributed by atoms with Crippen LogP contribution in [-0.4, -0.2) is 28.2 Å². The number of rotatable bonds is 7. The number of nitrogens with zero attached hydrogens (tertiary/aromatic N) is 2. The van der Waals surface area contributed by atoms with Crippen LogP contribution in [0.5, 0.6) is 5.75 Å². The number of benzene rings is 3. The van der Waals surface area contributed by atoms with Crippen molar-refractivity contribution in [3.63, 3.8) is 0 Å². The minimum atomic E-state index is -0.143. The van der Waals surface area contributed by atoms with Crippen LogP contribution in [0.2, 0.25) is 0 Å². The third-order valence-corrected chi connectivity index (χ3v) is 6.35. The van der Waals surface area contributed by atoms with Gasteiger partial charge in [-0.3, -0.25) is 14.2 Å². The highest BCUT2D eigenvalue weighted by Crippen LogP contribution is 2.23. The van der Waals surface area contributed by atoms with Crippen LogP contribution >= 0.6 is 27.7 Å². The van der Waals surface area contributed by atoms with Crippen LogP contribution in [-0.2, 0) is 6.54 Å². The predicted octanol–water partition coefficient (Wildman–Crippen LogP) is 5.19. The highest BCUT2D eigenvalue weighted by molar-refractivity contribution is 9.10. The lowest BCUT2D eigenvalue weighted by atomic mass is 10.2. The standard InChI is InChI=1S/C24H19BrN2O3S/c1-30-22-9-5-2-6-17(22)14-27-23(29)19-7-3-4-8-20(19)26-24(27)31-15-21(28)16-10-12-18(25)13-11-16/h2-13H,14-15H2,1H3. The summed E-state index contributed by atoms with van der Waals surface area (Å²) in [6, 6.07) is 22.1. The molecular weight excluding hydrogens is 476 g/mol. The number of carbonyl (C=O) groups excluding carboxylic acids is 1. The summed E-state index contributed by atoms with van der Waals surface area (Å²) in [6.07, 6.45) is 0. The third-order valence-electron chi connectivity index (χ3n) is 4.85. The molecule has 1 aromatic heterocycles. The number of para-hydroxylation sites is 2. The maximum absolute atomic E-state index is 13.3. The predicted molar refractivity (Wildman–Crippen MR) is 127 cm³/mol. The summed E-state index contributed by atoms with van der Waals surface area (Å²) in [5.74, 6) is 0.853. The van der Waals surface area contributed by atoms with Crippen LogP contribution in [0.25, 0.3) is 10.9 Å². The van der Waals surface area contributed by atoms with Gasteiger partial charge in [-0.2, -0.15) is 0 Å². The number of carbonyl (C=O) groups is 1. The molecule has 7 heteroatoms. The summed E-state index contributed by atoms with van der Waals surface area (Å²) in [5, 5.41) is 1.04. The molecule has 0 radical (unpaired) electrons. The zero-order chi connectivity index (χ0) is 21.8. The second kappa shape index (κ2) is 9.49. The summed E-state index contributed by atoms with van der Waals surface area (Å²) in [6.45, 7) is 0.301. The number of ether oxygens (including phenoxy) is 1. The average molecular weight is 495 g/mol. The van der Waals surface area contributed by atoms with Crippen molar-refractivity contribution in [2.24, 2.45) is 0 Å². The maximum Gasteiger partial charge on any atom is 0.262 e. The van der Waals surface area contributed by atoms with Crippen LogP contribution in [0.1, 0.15) is 15.9 Å². The summed E-state index contributed by atoms with van der Waals surface area (Å²) < 4.78 is 7.98. The fraction of sp³-hybridized carbons (Fsp3) is 0.125. The first-order valence-corrected chi connectivity index (χ1v) is 11.4. The van der Waals surface area contributed by atoms with E-state index in [1.807, 2.05) is 54.6 Å². The van der Waals surface area contributed by atoms with Crippen molar-refractivity contribution < 1.29 is 9.53 Å². The van der Waals surface area contributed by atoms with Crippen LogP contribution in [0.4, 0.5) is 0 Å². The SMILES string of the molecule is COc1ccccc1Cn1c(SCC(=O)c2ccc(Br)cc2)nc2ccccc2c1=O. The number of hydrogen-bond acceptors (Lipinski definition) is 5. The molecule has 0 atom stereocenters. The molecule has 0 aliphatic heterocycles. The van der Waals surface area contributed by atoms with Crippen molar-refractivity contribution in [1.29, 1.82) is 0 Å². The maximum atomic E-state index is 13.3. The smallest absolute Gasteiger partial charge is 0.262 e. The first-order valence-electron chi connectivity index (χ1n) is 9.60. The van der Waals surface area contributed by atoms with E-state index in [1.54, 1.807) is 29.9 Å². The normalized spacial score (nSPS) is 10.9. The van der Waals surface area contributed by atoms with Gasteiger partial charge in [0.1, 0.15) is 5.75 Å². The number of thioether (sulfide) groups is 1. The zero-order valence-electron chi connectivity index (χ0n) is 16.7. The molecule has 0 N–H and O–H groups in total. The lowest BCUT2D eigenvalue weighted by Gasteiger charge is -2.15. The van der Waals surface area contributed by atoms with Gasteiger partial charge in [0.2, 0.25) is 0 Å². The Morgan fingerprint density at radius 3 is 2.52 bits per heavy atom. The second-order valence-electron chi connectivity index (χ2n) is 6.83. The molecule has 0 saturated heterocycles. The van der Waals surface area contributed by atoms with Gasteiger partial charge >= 0.3 is 0 Å². The molecule has 0 bridgehead atoms. The van der Waals surface area contributed by atoms with E-state index in [0.29, 0.717) is 33.9 Å². The van der Waals surface area contributed by atoms with Gasteiger partial charge in [0.25, 0.3) is 5.56 Å². The van der Waals surface area contributed by atoms with Crippen LogP contribution < -0.4 is 10.3 Å². The Balaban J connectivity index is 1.71. The lowest BCUT2D eigenvalue weighted by molar-refractivity contribution is 0.102. The van der Waals surface area contributed by atoms with Crippen LogP contribution in [0.15, 0.2) is 87.2 Å². The summed E-state index contributed by atoms with van der Waals surface area (Å²) in [5.41, 5.74) is 1.96. The molecule has 0 aliphatic carbocycles. The van der Waals surface area contributed by atoms with Gasteiger partial charge in [0.05, 0.1) is 30.3 Å². The van der Waals surface area contributed by atoms with E-state index < -0.39 is 0 Å². The zero-order valence-corrected chi connectivity index (χ0v) is 19.2. The van der Waals surface area contributed by atoms with Gasteiger partial charge in [0, 0.05) is 15.6 Å². The Hall–Kier alpha value is -2.90. The molecule has 3 aromatic carbocycles. The van der Waals surface area contributed by atoms with E-state index in [0.717, 1.165) is 10.0 Å².